The minimum atomic E-state index is -0.237. The number of benzene rings is 2. The second-order valence-electron chi connectivity index (χ2n) is 4.22. The molecule has 3 aromatic rings. The van der Waals surface area contributed by atoms with E-state index < -0.39 is 0 Å². The molecular weight excluding hydrogens is 391 g/mol. The van der Waals surface area contributed by atoms with Gasteiger partial charge in [0.15, 0.2) is 0 Å². The zero-order valence-electron chi connectivity index (χ0n) is 9.74. The summed E-state index contributed by atoms with van der Waals surface area (Å²) in [5.41, 5.74) is 2.26. The average molecular weight is 400 g/mol. The number of halogens is 3. The van der Waals surface area contributed by atoms with Gasteiger partial charge in [-0.15, -0.1) is 11.3 Å². The van der Waals surface area contributed by atoms with E-state index in [1.807, 2.05) is 24.3 Å². The van der Waals surface area contributed by atoms with Crippen LogP contribution in [0, 0.1) is 5.82 Å². The number of hydrogen-bond acceptors (Lipinski definition) is 1. The third-order valence-corrected chi connectivity index (χ3v) is 5.63. The highest BCUT2D eigenvalue weighted by molar-refractivity contribution is 9.10. The van der Waals surface area contributed by atoms with Crippen LogP contribution in [0.3, 0.4) is 0 Å². The van der Waals surface area contributed by atoms with E-state index in [9.17, 15) is 4.39 Å². The Hall–Kier alpha value is -0.710. The molecule has 0 N–H and O–H groups in total. The van der Waals surface area contributed by atoms with E-state index in [-0.39, 0.29) is 10.6 Å². The second kappa shape index (κ2) is 5.35. The van der Waals surface area contributed by atoms with Crippen molar-refractivity contribution < 1.29 is 4.39 Å². The minimum Gasteiger partial charge on any atom is -0.206 e. The molecule has 0 aliphatic heterocycles. The molecule has 0 amide bonds. The lowest BCUT2D eigenvalue weighted by Crippen LogP contribution is -1.92. The number of fused-ring (bicyclic) bond motifs is 1. The quantitative estimate of drug-likeness (QED) is 0.444. The molecule has 0 nitrogen and oxygen atoms in total. The Bertz CT molecular complexity index is 736. The standard InChI is InChI=1S/C15H9Br2FS/c16-12-7-9(5-6-13(12)18)15(17)11-8-19-14-4-2-1-3-10(11)14/h1-8,15H. The molecule has 0 spiro atoms. The molecule has 96 valence electrons. The van der Waals surface area contributed by atoms with Crippen molar-refractivity contribution in [3.8, 4) is 0 Å². The third kappa shape index (κ3) is 2.49. The van der Waals surface area contributed by atoms with Crippen LogP contribution in [0.4, 0.5) is 4.39 Å². The predicted molar refractivity (Wildman–Crippen MR) is 86.7 cm³/mol. The number of rotatable bonds is 2. The van der Waals surface area contributed by atoms with Crippen LogP contribution in [0.2, 0.25) is 0 Å². The van der Waals surface area contributed by atoms with Gasteiger partial charge in [0.05, 0.1) is 9.30 Å². The van der Waals surface area contributed by atoms with E-state index >= 15 is 0 Å². The van der Waals surface area contributed by atoms with E-state index in [0.29, 0.717) is 4.47 Å². The van der Waals surface area contributed by atoms with Gasteiger partial charge < -0.3 is 0 Å². The summed E-state index contributed by atoms with van der Waals surface area (Å²) in [6.07, 6.45) is 0. The van der Waals surface area contributed by atoms with E-state index in [4.69, 9.17) is 0 Å². The molecular formula is C15H9Br2FS. The van der Waals surface area contributed by atoms with Gasteiger partial charge in [0.1, 0.15) is 5.82 Å². The van der Waals surface area contributed by atoms with Crippen LogP contribution in [0.15, 0.2) is 52.3 Å². The first-order chi connectivity index (χ1) is 9.16. The lowest BCUT2D eigenvalue weighted by atomic mass is 10.0. The summed E-state index contributed by atoms with van der Waals surface area (Å²) in [4.78, 5) is 0.0700. The van der Waals surface area contributed by atoms with Crippen molar-refractivity contribution in [1.29, 1.82) is 0 Å². The smallest absolute Gasteiger partial charge is 0.137 e. The first-order valence-corrected chi connectivity index (χ1v) is 8.31. The maximum atomic E-state index is 13.3. The lowest BCUT2D eigenvalue weighted by Gasteiger charge is -2.10. The highest BCUT2D eigenvalue weighted by Crippen LogP contribution is 2.39. The summed E-state index contributed by atoms with van der Waals surface area (Å²) in [6.45, 7) is 0. The van der Waals surface area contributed by atoms with E-state index in [2.05, 4.69) is 49.4 Å². The van der Waals surface area contributed by atoms with Crippen LogP contribution in [0.25, 0.3) is 10.1 Å². The van der Waals surface area contributed by atoms with Crippen molar-refractivity contribution in [3.05, 3.63) is 69.3 Å². The molecule has 1 aromatic heterocycles. The van der Waals surface area contributed by atoms with Gasteiger partial charge in [-0.2, -0.15) is 0 Å². The molecule has 1 heterocycles. The Labute approximate surface area is 131 Å². The summed E-state index contributed by atoms with van der Waals surface area (Å²) < 4.78 is 15.1. The van der Waals surface area contributed by atoms with Gasteiger partial charge in [-0.3, -0.25) is 0 Å². The number of thiophene rings is 1. The van der Waals surface area contributed by atoms with E-state index in [0.717, 1.165) is 5.56 Å². The summed E-state index contributed by atoms with van der Waals surface area (Å²) in [7, 11) is 0. The molecule has 0 fully saturated rings. The van der Waals surface area contributed by atoms with Gasteiger partial charge in [-0.05, 0) is 56.0 Å². The summed E-state index contributed by atoms with van der Waals surface area (Å²) in [6, 6.07) is 13.4. The first kappa shape index (κ1) is 13.3. The van der Waals surface area contributed by atoms with E-state index in [1.165, 1.54) is 21.7 Å². The Morgan fingerprint density at radius 3 is 2.68 bits per heavy atom. The Kier molecular flexibility index (Phi) is 3.74. The normalized spacial score (nSPS) is 12.8. The van der Waals surface area contributed by atoms with Crippen molar-refractivity contribution in [2.24, 2.45) is 0 Å². The van der Waals surface area contributed by atoms with Crippen molar-refractivity contribution in [1.82, 2.24) is 0 Å². The molecule has 4 heteroatoms. The monoisotopic (exact) mass is 398 g/mol. The molecule has 0 bridgehead atoms. The molecule has 0 saturated carbocycles. The molecule has 2 aromatic carbocycles. The zero-order valence-corrected chi connectivity index (χ0v) is 13.7. The van der Waals surface area contributed by atoms with Gasteiger partial charge >= 0.3 is 0 Å². The first-order valence-electron chi connectivity index (χ1n) is 5.72. The number of alkyl halides is 1. The average Bonchev–Trinajstić information content (AvgIpc) is 2.85. The van der Waals surface area contributed by atoms with Crippen molar-refractivity contribution in [2.45, 2.75) is 4.83 Å². The van der Waals surface area contributed by atoms with Crippen LogP contribution in [0.5, 0.6) is 0 Å². The molecule has 0 aliphatic carbocycles. The fourth-order valence-corrected chi connectivity index (χ4v) is 4.27. The topological polar surface area (TPSA) is 0 Å². The molecule has 0 radical (unpaired) electrons. The fourth-order valence-electron chi connectivity index (χ4n) is 2.04. The maximum absolute atomic E-state index is 13.3. The highest BCUT2D eigenvalue weighted by atomic mass is 79.9. The number of hydrogen-bond donors (Lipinski definition) is 0. The third-order valence-electron chi connectivity index (χ3n) is 3.02. The van der Waals surface area contributed by atoms with Crippen LogP contribution < -0.4 is 0 Å². The molecule has 3 rings (SSSR count). The molecule has 0 saturated heterocycles. The van der Waals surface area contributed by atoms with Crippen LogP contribution >= 0.6 is 43.2 Å². The van der Waals surface area contributed by atoms with Crippen LogP contribution in [0.1, 0.15) is 16.0 Å². The Morgan fingerprint density at radius 2 is 1.89 bits per heavy atom. The van der Waals surface area contributed by atoms with Gasteiger partial charge in [-0.1, -0.05) is 40.2 Å². The Balaban J connectivity index is 2.08. The molecule has 1 unspecified atom stereocenters. The predicted octanol–water partition coefficient (Wildman–Crippen LogP) is 6.29. The van der Waals surface area contributed by atoms with Crippen molar-refractivity contribution in [2.75, 3.05) is 0 Å². The SMILES string of the molecule is Fc1ccc(C(Br)c2csc3ccccc23)cc1Br. The molecule has 19 heavy (non-hydrogen) atoms. The fraction of sp³-hybridized carbons (Fsp3) is 0.0667. The van der Waals surface area contributed by atoms with E-state index in [1.54, 1.807) is 11.3 Å². The maximum Gasteiger partial charge on any atom is 0.137 e. The summed E-state index contributed by atoms with van der Waals surface area (Å²) in [5, 5.41) is 3.40. The largest absolute Gasteiger partial charge is 0.206 e. The Morgan fingerprint density at radius 1 is 1.11 bits per heavy atom. The molecule has 0 aliphatic rings. The van der Waals surface area contributed by atoms with Gasteiger partial charge in [-0.25, -0.2) is 4.39 Å². The zero-order chi connectivity index (χ0) is 13.4. The minimum absolute atomic E-state index is 0.0700. The highest BCUT2D eigenvalue weighted by Gasteiger charge is 2.16. The summed E-state index contributed by atoms with van der Waals surface area (Å²) >= 11 is 8.68. The van der Waals surface area contributed by atoms with Gasteiger partial charge in [0.25, 0.3) is 0 Å². The molecule has 1 atom stereocenters. The lowest BCUT2D eigenvalue weighted by molar-refractivity contribution is 0.620. The van der Waals surface area contributed by atoms with Crippen LogP contribution in [-0.2, 0) is 0 Å². The van der Waals surface area contributed by atoms with Crippen molar-refractivity contribution >= 4 is 53.3 Å². The van der Waals surface area contributed by atoms with Crippen molar-refractivity contribution in [3.63, 3.8) is 0 Å². The summed E-state index contributed by atoms with van der Waals surface area (Å²) in [5.74, 6) is -0.237. The second-order valence-corrected chi connectivity index (χ2v) is 6.90. The van der Waals surface area contributed by atoms with Gasteiger partial charge in [0, 0.05) is 4.70 Å². The van der Waals surface area contributed by atoms with Crippen LogP contribution in [-0.4, -0.2) is 0 Å². The van der Waals surface area contributed by atoms with Gasteiger partial charge in [0.2, 0.25) is 0 Å².